The van der Waals surface area contributed by atoms with Crippen molar-refractivity contribution in [1.82, 2.24) is 15.2 Å². The summed E-state index contributed by atoms with van der Waals surface area (Å²) in [6, 6.07) is 3.53. The van der Waals surface area contributed by atoms with Crippen LogP contribution >= 0.6 is 11.3 Å². The minimum absolute atomic E-state index is 0.0371. The third-order valence-corrected chi connectivity index (χ3v) is 4.55. The molecular formula is C15H15N3O5S. The molecule has 3 rings (SSSR count). The van der Waals surface area contributed by atoms with Crippen molar-refractivity contribution in [2.45, 2.75) is 19.5 Å². The van der Waals surface area contributed by atoms with Crippen LogP contribution in [0.15, 0.2) is 28.2 Å². The van der Waals surface area contributed by atoms with Crippen molar-refractivity contribution in [2.75, 3.05) is 6.54 Å². The molecule has 2 N–H and O–H groups in total. The Hall–Kier alpha value is -2.68. The van der Waals surface area contributed by atoms with Crippen molar-refractivity contribution < 1.29 is 23.9 Å². The van der Waals surface area contributed by atoms with Crippen LogP contribution in [0.2, 0.25) is 0 Å². The van der Waals surface area contributed by atoms with Crippen LogP contribution in [0, 0.1) is 5.92 Å². The summed E-state index contributed by atoms with van der Waals surface area (Å²) in [4.78, 5) is 40.5. The minimum Gasteiger partial charge on any atom is -0.476 e. The molecule has 126 valence electrons. The number of furan rings is 1. The van der Waals surface area contributed by atoms with Crippen LogP contribution in [0.1, 0.15) is 27.7 Å². The van der Waals surface area contributed by atoms with Gasteiger partial charge in [0.2, 0.25) is 11.8 Å². The van der Waals surface area contributed by atoms with Crippen LogP contribution < -0.4 is 5.32 Å². The van der Waals surface area contributed by atoms with E-state index in [1.54, 1.807) is 23.3 Å². The topological polar surface area (TPSA) is 113 Å². The highest BCUT2D eigenvalue weighted by Gasteiger charge is 2.34. The van der Waals surface area contributed by atoms with E-state index in [0.29, 0.717) is 23.9 Å². The van der Waals surface area contributed by atoms with E-state index in [-0.39, 0.29) is 30.5 Å². The highest BCUT2D eigenvalue weighted by molar-refractivity contribution is 7.09. The average molecular weight is 349 g/mol. The Morgan fingerprint density at radius 2 is 2.33 bits per heavy atom. The van der Waals surface area contributed by atoms with Crippen molar-refractivity contribution in [3.8, 4) is 0 Å². The van der Waals surface area contributed by atoms with Crippen LogP contribution in [0.3, 0.4) is 0 Å². The van der Waals surface area contributed by atoms with Crippen molar-refractivity contribution in [3.63, 3.8) is 0 Å². The first-order valence-electron chi connectivity index (χ1n) is 7.28. The predicted octanol–water partition coefficient (Wildman–Crippen LogP) is 1.10. The van der Waals surface area contributed by atoms with Gasteiger partial charge < -0.3 is 19.7 Å². The lowest BCUT2D eigenvalue weighted by Crippen LogP contribution is -2.32. The molecule has 0 aromatic carbocycles. The number of carbonyl (C=O) groups is 3. The molecule has 8 nitrogen and oxygen atoms in total. The summed E-state index contributed by atoms with van der Waals surface area (Å²) in [5.41, 5.74) is -0.0371. The fourth-order valence-corrected chi connectivity index (χ4v) is 3.20. The molecule has 0 bridgehead atoms. The largest absolute Gasteiger partial charge is 0.476 e. The number of carboxylic acid groups (broad SMARTS) is 1. The minimum atomic E-state index is -1.10. The number of likely N-dealkylation sites (tertiary alicyclic amines) is 1. The molecule has 2 amide bonds. The smallest absolute Gasteiger partial charge is 0.355 e. The quantitative estimate of drug-likeness (QED) is 0.807. The molecular weight excluding hydrogens is 334 g/mol. The van der Waals surface area contributed by atoms with Crippen molar-refractivity contribution in [3.05, 3.63) is 40.2 Å². The number of nitrogens with zero attached hydrogens (tertiary/aromatic N) is 2. The van der Waals surface area contributed by atoms with Gasteiger partial charge in [-0.1, -0.05) is 0 Å². The van der Waals surface area contributed by atoms with Gasteiger partial charge in [0.15, 0.2) is 5.69 Å². The van der Waals surface area contributed by atoms with Gasteiger partial charge in [0, 0.05) is 18.3 Å². The first-order chi connectivity index (χ1) is 11.5. The number of aromatic carboxylic acids is 1. The second-order valence-electron chi connectivity index (χ2n) is 5.40. The molecule has 24 heavy (non-hydrogen) atoms. The molecule has 2 aromatic rings. The van der Waals surface area contributed by atoms with Gasteiger partial charge >= 0.3 is 5.97 Å². The van der Waals surface area contributed by atoms with Crippen molar-refractivity contribution in [2.24, 2.45) is 5.92 Å². The van der Waals surface area contributed by atoms with Gasteiger partial charge in [-0.3, -0.25) is 9.59 Å². The van der Waals surface area contributed by atoms with Crippen LogP contribution in [0.4, 0.5) is 0 Å². The maximum absolute atomic E-state index is 12.2. The Balaban J connectivity index is 1.52. The van der Waals surface area contributed by atoms with E-state index < -0.39 is 11.9 Å². The molecule has 1 atom stereocenters. The maximum atomic E-state index is 12.2. The Morgan fingerprint density at radius 1 is 1.50 bits per heavy atom. The highest BCUT2D eigenvalue weighted by atomic mass is 32.1. The van der Waals surface area contributed by atoms with Crippen LogP contribution in [-0.4, -0.2) is 39.3 Å². The Morgan fingerprint density at radius 3 is 3.00 bits per heavy atom. The number of carbonyl (C=O) groups excluding carboxylic acids is 2. The third kappa shape index (κ3) is 3.62. The molecule has 1 aliphatic rings. The molecule has 0 aliphatic carbocycles. The van der Waals surface area contributed by atoms with E-state index in [0.717, 1.165) is 0 Å². The van der Waals surface area contributed by atoms with Crippen molar-refractivity contribution in [1.29, 1.82) is 0 Å². The van der Waals surface area contributed by atoms with Gasteiger partial charge in [-0.2, -0.15) is 0 Å². The van der Waals surface area contributed by atoms with Crippen LogP contribution in [-0.2, 0) is 22.7 Å². The molecule has 1 aliphatic heterocycles. The summed E-state index contributed by atoms with van der Waals surface area (Å²) < 4.78 is 5.22. The lowest BCUT2D eigenvalue weighted by atomic mass is 10.1. The van der Waals surface area contributed by atoms with Crippen molar-refractivity contribution >= 4 is 29.1 Å². The molecule has 2 aromatic heterocycles. The summed E-state index contributed by atoms with van der Waals surface area (Å²) in [6.07, 6.45) is 1.70. The Bertz CT molecular complexity index is 755. The zero-order valence-electron chi connectivity index (χ0n) is 12.6. The van der Waals surface area contributed by atoms with E-state index in [2.05, 4.69) is 10.3 Å². The molecule has 9 heteroatoms. The van der Waals surface area contributed by atoms with Gasteiger partial charge in [-0.25, -0.2) is 9.78 Å². The average Bonchev–Trinajstić information content (AvgIpc) is 3.27. The molecule has 0 saturated carbocycles. The second-order valence-corrected chi connectivity index (χ2v) is 6.35. The maximum Gasteiger partial charge on any atom is 0.355 e. The Labute approximate surface area is 141 Å². The number of carboxylic acids is 1. The van der Waals surface area contributed by atoms with E-state index in [4.69, 9.17) is 9.52 Å². The summed E-state index contributed by atoms with van der Waals surface area (Å²) >= 11 is 1.17. The molecule has 1 fully saturated rings. The molecule has 1 unspecified atom stereocenters. The van der Waals surface area contributed by atoms with E-state index in [9.17, 15) is 14.4 Å². The zero-order valence-corrected chi connectivity index (χ0v) is 13.4. The normalized spacial score (nSPS) is 17.2. The number of thiazole rings is 1. The summed E-state index contributed by atoms with van der Waals surface area (Å²) in [7, 11) is 0. The molecule has 3 heterocycles. The zero-order chi connectivity index (χ0) is 17.1. The third-order valence-electron chi connectivity index (χ3n) is 3.70. The number of hydrogen-bond donors (Lipinski definition) is 2. The van der Waals surface area contributed by atoms with E-state index >= 15 is 0 Å². The van der Waals surface area contributed by atoms with Gasteiger partial charge in [0.05, 0.1) is 25.3 Å². The van der Waals surface area contributed by atoms with Gasteiger partial charge in [0.25, 0.3) is 0 Å². The fourth-order valence-electron chi connectivity index (χ4n) is 2.49. The first kappa shape index (κ1) is 16.2. The first-order valence-corrected chi connectivity index (χ1v) is 8.16. The SMILES string of the molecule is O=C(O)c1csc(CNC(=O)C2CC(=O)N(Cc3ccco3)C2)n1. The second kappa shape index (κ2) is 6.83. The van der Waals surface area contributed by atoms with E-state index in [1.165, 1.54) is 16.7 Å². The standard InChI is InChI=1S/C15H15N3O5S/c19-13-4-9(6-18(13)7-10-2-1-3-23-10)14(20)16-5-12-17-11(8-24-12)15(21)22/h1-3,8-9H,4-7H2,(H,16,20)(H,21,22). The summed E-state index contributed by atoms with van der Waals surface area (Å²) in [5, 5.41) is 13.5. The molecule has 0 radical (unpaired) electrons. The molecule has 1 saturated heterocycles. The monoisotopic (exact) mass is 349 g/mol. The molecule has 0 spiro atoms. The summed E-state index contributed by atoms with van der Waals surface area (Å²) in [6.45, 7) is 0.841. The van der Waals surface area contributed by atoms with Gasteiger partial charge in [-0.05, 0) is 12.1 Å². The lowest BCUT2D eigenvalue weighted by Gasteiger charge is -2.14. The number of aromatic nitrogens is 1. The Kier molecular flexibility index (Phi) is 4.61. The number of rotatable bonds is 6. The summed E-state index contributed by atoms with van der Waals surface area (Å²) in [5.74, 6) is -1.18. The van der Waals surface area contributed by atoms with Crippen LogP contribution in [0.5, 0.6) is 0 Å². The van der Waals surface area contributed by atoms with Crippen LogP contribution in [0.25, 0.3) is 0 Å². The predicted molar refractivity (Wildman–Crippen MR) is 83.2 cm³/mol. The van der Waals surface area contributed by atoms with Gasteiger partial charge in [-0.15, -0.1) is 11.3 Å². The number of amides is 2. The van der Waals surface area contributed by atoms with Gasteiger partial charge in [0.1, 0.15) is 10.8 Å². The number of hydrogen-bond acceptors (Lipinski definition) is 6. The fraction of sp³-hybridized carbons (Fsp3) is 0.333. The lowest BCUT2D eigenvalue weighted by molar-refractivity contribution is -0.129. The number of nitrogens with one attached hydrogen (secondary N) is 1. The highest BCUT2D eigenvalue weighted by Crippen LogP contribution is 2.21. The van der Waals surface area contributed by atoms with E-state index in [1.807, 2.05) is 0 Å².